The molecule has 4 rings (SSSR count). The molecule has 2 aromatic heterocycles. The number of fused-ring (bicyclic) bond motifs is 2. The molecule has 1 aliphatic heterocycles. The first-order chi connectivity index (χ1) is 9.33. The summed E-state index contributed by atoms with van der Waals surface area (Å²) < 4.78 is 1.93. The van der Waals surface area contributed by atoms with Gasteiger partial charge in [-0.1, -0.05) is 18.2 Å². The number of hydrogen-bond donors (Lipinski definition) is 0. The highest BCUT2D eigenvalue weighted by Crippen LogP contribution is 2.28. The number of amides is 1. The van der Waals surface area contributed by atoms with Crippen LogP contribution in [-0.4, -0.2) is 15.3 Å². The number of imidazole rings is 1. The summed E-state index contributed by atoms with van der Waals surface area (Å²) in [6.07, 6.45) is 5.56. The van der Waals surface area contributed by atoms with E-state index in [4.69, 9.17) is 0 Å². The molecule has 92 valence electrons. The minimum Gasteiger partial charge on any atom is -0.307 e. The summed E-state index contributed by atoms with van der Waals surface area (Å²) in [5, 5.41) is 0. The molecular formula is C15H11N3O. The van der Waals surface area contributed by atoms with Crippen LogP contribution in [0.1, 0.15) is 15.9 Å². The van der Waals surface area contributed by atoms with E-state index in [1.807, 2.05) is 53.2 Å². The molecular weight excluding hydrogens is 238 g/mol. The maximum Gasteiger partial charge on any atom is 0.258 e. The third-order valence-corrected chi connectivity index (χ3v) is 3.51. The van der Waals surface area contributed by atoms with Gasteiger partial charge >= 0.3 is 0 Å². The summed E-state index contributed by atoms with van der Waals surface area (Å²) in [7, 11) is 0. The molecule has 1 amide bonds. The van der Waals surface area contributed by atoms with E-state index in [1.54, 1.807) is 11.1 Å². The number of benzene rings is 1. The first-order valence-corrected chi connectivity index (χ1v) is 6.15. The Bertz CT molecular complexity index is 791. The molecule has 4 nitrogen and oxygen atoms in total. The number of carbonyl (C=O) groups excluding carboxylic acids is 1. The van der Waals surface area contributed by atoms with Gasteiger partial charge in [-0.3, -0.25) is 4.79 Å². The van der Waals surface area contributed by atoms with Crippen LogP contribution in [0.25, 0.3) is 5.65 Å². The lowest BCUT2D eigenvalue weighted by molar-refractivity contribution is 0.0996. The highest BCUT2D eigenvalue weighted by Gasteiger charge is 2.27. The van der Waals surface area contributed by atoms with Gasteiger partial charge in [-0.15, -0.1) is 0 Å². The minimum absolute atomic E-state index is 0.0616. The molecule has 3 aromatic rings. The molecule has 1 aliphatic rings. The largest absolute Gasteiger partial charge is 0.307 e. The molecule has 0 bridgehead atoms. The van der Waals surface area contributed by atoms with Gasteiger partial charge in [-0.2, -0.15) is 0 Å². The topological polar surface area (TPSA) is 37.6 Å². The zero-order chi connectivity index (χ0) is 12.8. The average Bonchev–Trinajstić information content (AvgIpc) is 3.03. The number of pyridine rings is 1. The van der Waals surface area contributed by atoms with Crippen molar-refractivity contribution in [1.29, 1.82) is 0 Å². The molecule has 0 atom stereocenters. The van der Waals surface area contributed by atoms with Gasteiger partial charge in [-0.25, -0.2) is 4.98 Å². The fourth-order valence-corrected chi connectivity index (χ4v) is 2.53. The fourth-order valence-electron chi connectivity index (χ4n) is 2.53. The third kappa shape index (κ3) is 1.46. The maximum atomic E-state index is 12.4. The Morgan fingerprint density at radius 3 is 2.89 bits per heavy atom. The van der Waals surface area contributed by atoms with Crippen LogP contribution in [0.4, 0.5) is 5.69 Å². The van der Waals surface area contributed by atoms with E-state index in [2.05, 4.69) is 4.98 Å². The van der Waals surface area contributed by atoms with Crippen molar-refractivity contribution in [3.63, 3.8) is 0 Å². The van der Waals surface area contributed by atoms with Gasteiger partial charge in [0.15, 0.2) is 0 Å². The molecule has 0 spiro atoms. The molecule has 0 aliphatic carbocycles. The van der Waals surface area contributed by atoms with Crippen molar-refractivity contribution < 1.29 is 4.79 Å². The summed E-state index contributed by atoms with van der Waals surface area (Å²) in [6, 6.07) is 11.6. The van der Waals surface area contributed by atoms with E-state index < -0.39 is 0 Å². The minimum atomic E-state index is 0.0616. The first-order valence-electron chi connectivity index (χ1n) is 6.15. The second-order valence-corrected chi connectivity index (χ2v) is 4.63. The van der Waals surface area contributed by atoms with Crippen molar-refractivity contribution in [2.45, 2.75) is 6.54 Å². The SMILES string of the molecule is O=C1c2ccccc2CN1c1ccn2ccnc2c1. The van der Waals surface area contributed by atoms with Crippen molar-refractivity contribution in [2.75, 3.05) is 4.90 Å². The molecule has 0 radical (unpaired) electrons. The van der Waals surface area contributed by atoms with Gasteiger partial charge in [0.25, 0.3) is 5.91 Å². The summed E-state index contributed by atoms with van der Waals surface area (Å²) in [4.78, 5) is 18.4. The summed E-state index contributed by atoms with van der Waals surface area (Å²) in [6.45, 7) is 0.631. The smallest absolute Gasteiger partial charge is 0.258 e. The molecule has 19 heavy (non-hydrogen) atoms. The Hall–Kier alpha value is -2.62. The Kier molecular flexibility index (Phi) is 2.00. The first kappa shape index (κ1) is 10.3. The molecule has 4 heteroatoms. The molecule has 0 N–H and O–H groups in total. The van der Waals surface area contributed by atoms with Gasteiger partial charge in [-0.05, 0) is 17.7 Å². The van der Waals surface area contributed by atoms with E-state index >= 15 is 0 Å². The monoisotopic (exact) mass is 249 g/mol. The van der Waals surface area contributed by atoms with E-state index in [9.17, 15) is 4.79 Å². The average molecular weight is 249 g/mol. The highest BCUT2D eigenvalue weighted by atomic mass is 16.2. The normalized spacial score (nSPS) is 14.1. The van der Waals surface area contributed by atoms with Crippen molar-refractivity contribution in [1.82, 2.24) is 9.38 Å². The lowest BCUT2D eigenvalue weighted by Crippen LogP contribution is -2.23. The van der Waals surface area contributed by atoms with Crippen LogP contribution in [0.2, 0.25) is 0 Å². The van der Waals surface area contributed by atoms with E-state index in [0.29, 0.717) is 6.54 Å². The molecule has 0 unspecified atom stereocenters. The summed E-state index contributed by atoms with van der Waals surface area (Å²) >= 11 is 0. The number of nitrogens with zero attached hydrogens (tertiary/aromatic N) is 3. The van der Waals surface area contributed by atoms with Crippen molar-refractivity contribution in [3.05, 3.63) is 66.1 Å². The summed E-state index contributed by atoms with van der Waals surface area (Å²) in [5.74, 6) is 0.0616. The van der Waals surface area contributed by atoms with E-state index in [-0.39, 0.29) is 5.91 Å². The Labute approximate surface area is 109 Å². The zero-order valence-electron chi connectivity index (χ0n) is 10.2. The lowest BCUT2D eigenvalue weighted by atomic mass is 10.1. The van der Waals surface area contributed by atoms with Gasteiger partial charge in [0.05, 0.1) is 6.54 Å². The Morgan fingerprint density at radius 1 is 1.11 bits per heavy atom. The quantitative estimate of drug-likeness (QED) is 0.664. The summed E-state index contributed by atoms with van der Waals surface area (Å²) in [5.41, 5.74) is 3.61. The van der Waals surface area contributed by atoms with Crippen molar-refractivity contribution in [3.8, 4) is 0 Å². The maximum absolute atomic E-state index is 12.4. The van der Waals surface area contributed by atoms with Crippen LogP contribution < -0.4 is 4.90 Å². The molecule has 0 saturated carbocycles. The van der Waals surface area contributed by atoms with Crippen LogP contribution in [0.5, 0.6) is 0 Å². The highest BCUT2D eigenvalue weighted by molar-refractivity contribution is 6.10. The van der Waals surface area contributed by atoms with E-state index in [1.165, 1.54) is 0 Å². The number of rotatable bonds is 1. The Morgan fingerprint density at radius 2 is 2.00 bits per heavy atom. The molecule has 0 fully saturated rings. The second-order valence-electron chi connectivity index (χ2n) is 4.63. The van der Waals surface area contributed by atoms with Crippen LogP contribution >= 0.6 is 0 Å². The molecule has 1 aromatic carbocycles. The number of carbonyl (C=O) groups is 1. The van der Waals surface area contributed by atoms with Crippen LogP contribution in [-0.2, 0) is 6.54 Å². The van der Waals surface area contributed by atoms with Crippen molar-refractivity contribution >= 4 is 17.2 Å². The number of hydrogen-bond acceptors (Lipinski definition) is 2. The third-order valence-electron chi connectivity index (χ3n) is 3.51. The van der Waals surface area contributed by atoms with Gasteiger partial charge in [0.1, 0.15) is 5.65 Å². The lowest BCUT2D eigenvalue weighted by Gasteiger charge is -2.15. The van der Waals surface area contributed by atoms with Crippen molar-refractivity contribution in [2.24, 2.45) is 0 Å². The van der Waals surface area contributed by atoms with Gasteiger partial charge in [0.2, 0.25) is 0 Å². The van der Waals surface area contributed by atoms with Crippen LogP contribution in [0.15, 0.2) is 55.0 Å². The predicted molar refractivity (Wildman–Crippen MR) is 72.1 cm³/mol. The van der Waals surface area contributed by atoms with Crippen LogP contribution in [0.3, 0.4) is 0 Å². The van der Waals surface area contributed by atoms with Gasteiger partial charge < -0.3 is 9.30 Å². The Balaban J connectivity index is 1.80. The van der Waals surface area contributed by atoms with Gasteiger partial charge in [0, 0.05) is 35.9 Å². The zero-order valence-corrected chi connectivity index (χ0v) is 10.2. The number of aromatic nitrogens is 2. The molecule has 0 saturated heterocycles. The second kappa shape index (κ2) is 3.68. The number of anilines is 1. The van der Waals surface area contributed by atoms with E-state index in [0.717, 1.165) is 22.5 Å². The van der Waals surface area contributed by atoms with Crippen LogP contribution in [0, 0.1) is 0 Å². The predicted octanol–water partition coefficient (Wildman–Crippen LogP) is 2.49. The molecule has 3 heterocycles. The standard InChI is InChI=1S/C15H11N3O/c19-15-13-4-2-1-3-11(13)10-18(15)12-5-7-17-8-6-16-14(17)9-12/h1-9H,10H2. The fraction of sp³-hybridized carbons (Fsp3) is 0.0667.